The maximum absolute atomic E-state index is 6.19. The minimum absolute atomic E-state index is 0.194. The van der Waals surface area contributed by atoms with Gasteiger partial charge in [0.15, 0.2) is 0 Å². The normalized spacial score (nSPS) is 28.6. The first-order chi connectivity index (χ1) is 9.16. The molecule has 1 saturated heterocycles. The Kier molecular flexibility index (Phi) is 3.63. The van der Waals surface area contributed by atoms with E-state index in [9.17, 15) is 0 Å². The lowest BCUT2D eigenvalue weighted by Crippen LogP contribution is -2.40. The Morgan fingerprint density at radius 3 is 2.84 bits per heavy atom. The van der Waals surface area contributed by atoms with E-state index in [1.165, 1.54) is 37.3 Å². The summed E-state index contributed by atoms with van der Waals surface area (Å²) in [7, 11) is 0. The third-order valence-corrected chi connectivity index (χ3v) is 4.74. The van der Waals surface area contributed by atoms with Crippen molar-refractivity contribution >= 4 is 0 Å². The monoisotopic (exact) mass is 262 g/mol. The Labute approximate surface area is 116 Å². The molecule has 0 aliphatic carbocycles. The number of hydrogen-bond acceptors (Lipinski definition) is 3. The van der Waals surface area contributed by atoms with Crippen LogP contribution in [0.1, 0.15) is 63.0 Å². The molecule has 3 rings (SSSR count). The summed E-state index contributed by atoms with van der Waals surface area (Å²) in [4.78, 5) is 7.30. The third kappa shape index (κ3) is 2.43. The fourth-order valence-electron chi connectivity index (χ4n) is 3.57. The summed E-state index contributed by atoms with van der Waals surface area (Å²) in [5.74, 6) is 1.88. The van der Waals surface area contributed by atoms with Crippen molar-refractivity contribution in [1.29, 1.82) is 0 Å². The molecule has 106 valence electrons. The van der Waals surface area contributed by atoms with Crippen molar-refractivity contribution in [2.24, 2.45) is 5.73 Å². The lowest BCUT2D eigenvalue weighted by Gasteiger charge is -2.35. The van der Waals surface area contributed by atoms with Crippen molar-refractivity contribution in [3.63, 3.8) is 0 Å². The fraction of sp³-hybridized carbons (Fsp3) is 0.800. The Morgan fingerprint density at radius 2 is 2.05 bits per heavy atom. The van der Waals surface area contributed by atoms with Gasteiger partial charge in [-0.15, -0.1) is 0 Å². The summed E-state index contributed by atoms with van der Waals surface area (Å²) < 4.78 is 2.41. The first kappa shape index (κ1) is 13.1. The molecule has 4 heteroatoms. The number of aromatic nitrogens is 2. The predicted octanol–water partition coefficient (Wildman–Crippen LogP) is 2.26. The minimum Gasteiger partial charge on any atom is -0.330 e. The molecule has 2 atom stereocenters. The largest absolute Gasteiger partial charge is 0.330 e. The molecule has 1 aromatic rings. The quantitative estimate of drug-likeness (QED) is 0.889. The third-order valence-electron chi connectivity index (χ3n) is 4.74. The van der Waals surface area contributed by atoms with Crippen molar-refractivity contribution < 1.29 is 0 Å². The van der Waals surface area contributed by atoms with E-state index >= 15 is 0 Å². The van der Waals surface area contributed by atoms with Gasteiger partial charge < -0.3 is 15.2 Å². The number of hydrogen-bond donors (Lipinski definition) is 1. The van der Waals surface area contributed by atoms with Crippen LogP contribution in [0, 0.1) is 0 Å². The number of imidazole rings is 1. The molecule has 1 fully saturated rings. The lowest BCUT2D eigenvalue weighted by atomic mass is 9.95. The molecule has 19 heavy (non-hydrogen) atoms. The number of likely N-dealkylation sites (tertiary alicyclic amines) is 1. The highest BCUT2D eigenvalue weighted by Gasteiger charge is 2.29. The number of nitrogens with zero attached hydrogens (tertiary/aromatic N) is 3. The second-order valence-electron chi connectivity index (χ2n) is 6.37. The highest BCUT2D eigenvalue weighted by molar-refractivity contribution is 5.15. The van der Waals surface area contributed by atoms with Crippen LogP contribution < -0.4 is 5.73 Å². The van der Waals surface area contributed by atoms with E-state index in [0.717, 1.165) is 19.5 Å². The summed E-state index contributed by atoms with van der Waals surface area (Å²) in [6.07, 6.45) is 6.88. The summed E-state index contributed by atoms with van der Waals surface area (Å²) in [6.45, 7) is 8.08. The van der Waals surface area contributed by atoms with Gasteiger partial charge in [-0.25, -0.2) is 4.98 Å². The zero-order valence-electron chi connectivity index (χ0n) is 12.2. The molecule has 0 saturated carbocycles. The van der Waals surface area contributed by atoms with Crippen molar-refractivity contribution in [2.75, 3.05) is 13.1 Å². The Balaban J connectivity index is 1.82. The van der Waals surface area contributed by atoms with E-state index in [4.69, 9.17) is 10.7 Å². The van der Waals surface area contributed by atoms with Crippen molar-refractivity contribution in [3.05, 3.63) is 17.7 Å². The van der Waals surface area contributed by atoms with E-state index in [1.54, 1.807) is 0 Å². The molecule has 2 aliphatic heterocycles. The number of piperidine rings is 1. The van der Waals surface area contributed by atoms with Gasteiger partial charge in [0.05, 0.1) is 11.9 Å². The maximum Gasteiger partial charge on any atom is 0.113 e. The molecule has 0 amide bonds. The molecule has 1 aromatic heterocycles. The average Bonchev–Trinajstić information content (AvgIpc) is 2.84. The van der Waals surface area contributed by atoms with Gasteiger partial charge in [-0.2, -0.15) is 0 Å². The highest BCUT2D eigenvalue weighted by Crippen LogP contribution is 2.31. The molecule has 0 bridgehead atoms. The van der Waals surface area contributed by atoms with Crippen LogP contribution in [0.15, 0.2) is 6.20 Å². The fourth-order valence-corrected chi connectivity index (χ4v) is 3.57. The van der Waals surface area contributed by atoms with Crippen molar-refractivity contribution in [2.45, 2.75) is 64.1 Å². The molecule has 0 aromatic carbocycles. The van der Waals surface area contributed by atoms with Crippen molar-refractivity contribution in [3.8, 4) is 0 Å². The SMILES string of the molecule is CC(C)N1CCCC(c2ncc3n2CCCC3N)C1. The first-order valence-electron chi connectivity index (χ1n) is 7.71. The summed E-state index contributed by atoms with van der Waals surface area (Å²) in [5.41, 5.74) is 7.45. The van der Waals surface area contributed by atoms with Gasteiger partial charge in [-0.1, -0.05) is 0 Å². The second kappa shape index (κ2) is 5.25. The Morgan fingerprint density at radius 1 is 1.26 bits per heavy atom. The van der Waals surface area contributed by atoms with Crippen LogP contribution in [0.2, 0.25) is 0 Å². The summed E-state index contributed by atoms with van der Waals surface area (Å²) in [6, 6.07) is 0.834. The molecular weight excluding hydrogens is 236 g/mol. The number of nitrogens with two attached hydrogens (primary N) is 1. The van der Waals surface area contributed by atoms with Crippen LogP contribution in [-0.2, 0) is 6.54 Å². The molecule has 2 N–H and O–H groups in total. The minimum atomic E-state index is 0.194. The molecule has 3 heterocycles. The summed E-state index contributed by atoms with van der Waals surface area (Å²) >= 11 is 0. The van der Waals surface area contributed by atoms with Gasteiger partial charge in [-0.05, 0) is 46.1 Å². The average molecular weight is 262 g/mol. The van der Waals surface area contributed by atoms with Gasteiger partial charge in [-0.3, -0.25) is 0 Å². The van der Waals surface area contributed by atoms with E-state index in [2.05, 4.69) is 23.3 Å². The van der Waals surface area contributed by atoms with Gasteiger partial charge >= 0.3 is 0 Å². The standard InChI is InChI=1S/C15H26N4/c1-11(2)18-7-3-5-12(10-18)15-17-9-14-13(16)6-4-8-19(14)15/h9,11-13H,3-8,10,16H2,1-2H3. The van der Waals surface area contributed by atoms with E-state index in [0.29, 0.717) is 12.0 Å². The molecule has 4 nitrogen and oxygen atoms in total. The number of rotatable bonds is 2. The molecule has 2 aliphatic rings. The molecular formula is C15H26N4. The van der Waals surface area contributed by atoms with E-state index in [1.807, 2.05) is 6.20 Å². The first-order valence-corrected chi connectivity index (χ1v) is 7.71. The summed E-state index contributed by atoms with van der Waals surface area (Å²) in [5, 5.41) is 0. The van der Waals surface area contributed by atoms with E-state index < -0.39 is 0 Å². The van der Waals surface area contributed by atoms with Gasteiger partial charge in [0.1, 0.15) is 5.82 Å². The van der Waals surface area contributed by atoms with E-state index in [-0.39, 0.29) is 6.04 Å². The Bertz CT molecular complexity index is 437. The predicted molar refractivity (Wildman–Crippen MR) is 77.1 cm³/mol. The van der Waals surface area contributed by atoms with Gasteiger partial charge in [0.2, 0.25) is 0 Å². The zero-order valence-corrected chi connectivity index (χ0v) is 12.2. The smallest absolute Gasteiger partial charge is 0.113 e. The number of fused-ring (bicyclic) bond motifs is 1. The van der Waals surface area contributed by atoms with Crippen LogP contribution in [0.3, 0.4) is 0 Å². The molecule has 0 radical (unpaired) electrons. The van der Waals surface area contributed by atoms with Crippen LogP contribution >= 0.6 is 0 Å². The Hall–Kier alpha value is -0.870. The maximum atomic E-state index is 6.19. The zero-order chi connectivity index (χ0) is 13.4. The lowest BCUT2D eigenvalue weighted by molar-refractivity contribution is 0.162. The molecule has 0 spiro atoms. The van der Waals surface area contributed by atoms with Crippen LogP contribution in [-0.4, -0.2) is 33.6 Å². The van der Waals surface area contributed by atoms with Crippen molar-refractivity contribution in [1.82, 2.24) is 14.5 Å². The van der Waals surface area contributed by atoms with Crippen LogP contribution in [0.25, 0.3) is 0 Å². The highest BCUT2D eigenvalue weighted by atomic mass is 15.2. The van der Waals surface area contributed by atoms with Crippen LogP contribution in [0.4, 0.5) is 0 Å². The van der Waals surface area contributed by atoms with Gasteiger partial charge in [0, 0.05) is 31.1 Å². The topological polar surface area (TPSA) is 47.1 Å². The second-order valence-corrected chi connectivity index (χ2v) is 6.37. The van der Waals surface area contributed by atoms with Gasteiger partial charge in [0.25, 0.3) is 0 Å². The molecule has 2 unspecified atom stereocenters. The van der Waals surface area contributed by atoms with Crippen LogP contribution in [0.5, 0.6) is 0 Å².